The van der Waals surface area contributed by atoms with Crippen LogP contribution in [0.3, 0.4) is 0 Å². The molecule has 0 aliphatic heterocycles. The third-order valence-electron chi connectivity index (χ3n) is 3.51. The van der Waals surface area contributed by atoms with E-state index in [1.54, 1.807) is 31.4 Å². The van der Waals surface area contributed by atoms with Crippen molar-refractivity contribution in [2.75, 3.05) is 13.7 Å². The largest absolute Gasteiger partial charge is 0.452 e. The summed E-state index contributed by atoms with van der Waals surface area (Å²) in [6.07, 6.45) is 0. The van der Waals surface area contributed by atoms with Gasteiger partial charge in [0.2, 0.25) is 0 Å². The van der Waals surface area contributed by atoms with Crippen molar-refractivity contribution in [3.05, 3.63) is 71.3 Å². The number of hydrogen-bond acceptors (Lipinski definition) is 4. The number of nitrogens with one attached hydrogen (secondary N) is 1. The van der Waals surface area contributed by atoms with Gasteiger partial charge in [-0.3, -0.25) is 4.79 Å². The van der Waals surface area contributed by atoms with Gasteiger partial charge in [-0.1, -0.05) is 42.5 Å². The highest BCUT2D eigenvalue weighted by molar-refractivity contribution is 5.91. The molecular weight excluding hydrogens is 306 g/mol. The Kier molecular flexibility index (Phi) is 6.51. The van der Waals surface area contributed by atoms with Crippen LogP contribution in [-0.2, 0) is 20.9 Å². The molecule has 0 saturated carbocycles. The van der Waals surface area contributed by atoms with Crippen molar-refractivity contribution >= 4 is 11.9 Å². The van der Waals surface area contributed by atoms with Gasteiger partial charge in [0.05, 0.1) is 18.2 Å². The monoisotopic (exact) mass is 327 g/mol. The number of benzene rings is 2. The summed E-state index contributed by atoms with van der Waals surface area (Å²) in [6.45, 7) is 2.05. The van der Waals surface area contributed by atoms with Crippen LogP contribution in [0.4, 0.5) is 0 Å². The molecule has 126 valence electrons. The van der Waals surface area contributed by atoms with Crippen molar-refractivity contribution in [1.29, 1.82) is 0 Å². The van der Waals surface area contributed by atoms with E-state index in [4.69, 9.17) is 9.47 Å². The molecule has 0 bridgehead atoms. The molecule has 24 heavy (non-hydrogen) atoms. The van der Waals surface area contributed by atoms with Crippen LogP contribution in [0.2, 0.25) is 0 Å². The van der Waals surface area contributed by atoms with Crippen LogP contribution < -0.4 is 5.32 Å². The van der Waals surface area contributed by atoms with Crippen LogP contribution in [0.25, 0.3) is 0 Å². The summed E-state index contributed by atoms with van der Waals surface area (Å²) in [4.78, 5) is 23.8. The molecule has 0 radical (unpaired) electrons. The molecule has 2 aromatic carbocycles. The Morgan fingerprint density at radius 1 is 1.04 bits per heavy atom. The molecule has 5 nitrogen and oxygen atoms in total. The zero-order chi connectivity index (χ0) is 17.4. The highest BCUT2D eigenvalue weighted by Gasteiger charge is 2.13. The normalized spacial score (nSPS) is 11.6. The average molecular weight is 327 g/mol. The molecule has 0 spiro atoms. The fraction of sp³-hybridized carbons (Fsp3) is 0.263. The molecule has 0 aliphatic carbocycles. The first-order valence-corrected chi connectivity index (χ1v) is 7.69. The van der Waals surface area contributed by atoms with Gasteiger partial charge in [0.15, 0.2) is 6.61 Å². The van der Waals surface area contributed by atoms with Crippen molar-refractivity contribution in [3.63, 3.8) is 0 Å². The molecule has 2 aromatic rings. The fourth-order valence-electron chi connectivity index (χ4n) is 2.23. The molecule has 0 heterocycles. The highest BCUT2D eigenvalue weighted by atomic mass is 16.5. The summed E-state index contributed by atoms with van der Waals surface area (Å²) >= 11 is 0. The van der Waals surface area contributed by atoms with Gasteiger partial charge >= 0.3 is 5.97 Å². The summed E-state index contributed by atoms with van der Waals surface area (Å²) in [7, 11) is 1.61. The maximum atomic E-state index is 11.9. The molecule has 0 aliphatic rings. The van der Waals surface area contributed by atoms with E-state index in [-0.39, 0.29) is 18.6 Å². The second-order valence-electron chi connectivity index (χ2n) is 5.41. The lowest BCUT2D eigenvalue weighted by Gasteiger charge is -2.14. The van der Waals surface area contributed by atoms with Crippen LogP contribution in [0.1, 0.15) is 34.5 Å². The fourth-order valence-corrected chi connectivity index (χ4v) is 2.23. The minimum Gasteiger partial charge on any atom is -0.452 e. The van der Waals surface area contributed by atoms with Crippen molar-refractivity contribution < 1.29 is 19.1 Å². The Labute approximate surface area is 141 Å². The lowest BCUT2D eigenvalue weighted by atomic mass is 10.1. The quantitative estimate of drug-likeness (QED) is 0.794. The number of esters is 1. The van der Waals surface area contributed by atoms with E-state index in [9.17, 15) is 9.59 Å². The summed E-state index contributed by atoms with van der Waals surface area (Å²) in [5.41, 5.74) is 2.35. The van der Waals surface area contributed by atoms with E-state index >= 15 is 0 Å². The standard InChI is InChI=1S/C19H21NO4/c1-14(16-6-4-3-5-7-16)20-18(21)13-24-19(22)17-10-8-15(9-11-17)12-23-2/h3-11,14H,12-13H2,1-2H3,(H,20,21). The van der Waals surface area contributed by atoms with Crippen LogP contribution >= 0.6 is 0 Å². The first kappa shape index (κ1) is 17.7. The van der Waals surface area contributed by atoms with Crippen LogP contribution in [0, 0.1) is 0 Å². The van der Waals surface area contributed by atoms with E-state index in [1.165, 1.54) is 0 Å². The Balaban J connectivity index is 1.81. The molecule has 1 atom stereocenters. The zero-order valence-corrected chi connectivity index (χ0v) is 13.8. The number of carbonyl (C=O) groups is 2. The molecule has 1 N–H and O–H groups in total. The minimum atomic E-state index is -0.526. The van der Waals surface area contributed by atoms with Crippen molar-refractivity contribution in [1.82, 2.24) is 5.32 Å². The maximum Gasteiger partial charge on any atom is 0.338 e. The topological polar surface area (TPSA) is 64.6 Å². The van der Waals surface area contributed by atoms with E-state index in [2.05, 4.69) is 5.32 Å². The number of hydrogen-bond donors (Lipinski definition) is 1. The second kappa shape index (κ2) is 8.84. The van der Waals surface area contributed by atoms with E-state index in [1.807, 2.05) is 37.3 Å². The molecule has 0 saturated heterocycles. The highest BCUT2D eigenvalue weighted by Crippen LogP contribution is 2.11. The molecule has 0 fully saturated rings. The summed E-state index contributed by atoms with van der Waals surface area (Å²) in [6, 6.07) is 16.3. The predicted molar refractivity (Wildman–Crippen MR) is 90.4 cm³/mol. The van der Waals surface area contributed by atoms with Gasteiger partial charge in [0.1, 0.15) is 0 Å². The first-order chi connectivity index (χ1) is 11.6. The molecule has 5 heteroatoms. The third kappa shape index (κ3) is 5.21. The van der Waals surface area contributed by atoms with Gasteiger partial charge in [-0.25, -0.2) is 4.79 Å². The molecule has 2 rings (SSSR count). The van der Waals surface area contributed by atoms with Gasteiger partial charge in [-0.05, 0) is 30.2 Å². The SMILES string of the molecule is COCc1ccc(C(=O)OCC(=O)NC(C)c2ccccc2)cc1. The molecule has 1 amide bonds. The Morgan fingerprint density at radius 2 is 1.71 bits per heavy atom. The lowest BCUT2D eigenvalue weighted by Crippen LogP contribution is -2.31. The van der Waals surface area contributed by atoms with Crippen LogP contribution in [0.15, 0.2) is 54.6 Å². The van der Waals surface area contributed by atoms with Crippen LogP contribution in [-0.4, -0.2) is 25.6 Å². The zero-order valence-electron chi connectivity index (χ0n) is 13.8. The Morgan fingerprint density at radius 3 is 2.33 bits per heavy atom. The van der Waals surface area contributed by atoms with E-state index in [0.717, 1.165) is 11.1 Å². The number of rotatable bonds is 7. The predicted octanol–water partition coefficient (Wildman–Crippen LogP) is 2.87. The Hall–Kier alpha value is -2.66. The number of carbonyl (C=O) groups excluding carboxylic acids is 2. The van der Waals surface area contributed by atoms with Gasteiger partial charge in [-0.2, -0.15) is 0 Å². The second-order valence-corrected chi connectivity index (χ2v) is 5.41. The molecule has 0 aromatic heterocycles. The minimum absolute atomic E-state index is 0.147. The average Bonchev–Trinajstić information content (AvgIpc) is 2.61. The van der Waals surface area contributed by atoms with Gasteiger partial charge < -0.3 is 14.8 Å². The lowest BCUT2D eigenvalue weighted by molar-refractivity contribution is -0.124. The number of ether oxygens (including phenoxy) is 2. The smallest absolute Gasteiger partial charge is 0.338 e. The van der Waals surface area contributed by atoms with E-state index < -0.39 is 5.97 Å². The van der Waals surface area contributed by atoms with Gasteiger partial charge in [0.25, 0.3) is 5.91 Å². The number of amides is 1. The van der Waals surface area contributed by atoms with Crippen molar-refractivity contribution in [3.8, 4) is 0 Å². The first-order valence-electron chi connectivity index (χ1n) is 7.69. The molecular formula is C19H21NO4. The Bertz CT molecular complexity index is 668. The number of methoxy groups -OCH3 is 1. The van der Waals surface area contributed by atoms with Crippen molar-refractivity contribution in [2.24, 2.45) is 0 Å². The van der Waals surface area contributed by atoms with Gasteiger partial charge in [0, 0.05) is 7.11 Å². The van der Waals surface area contributed by atoms with Crippen LogP contribution in [0.5, 0.6) is 0 Å². The maximum absolute atomic E-state index is 11.9. The van der Waals surface area contributed by atoms with Crippen molar-refractivity contribution in [2.45, 2.75) is 19.6 Å². The summed E-state index contributed by atoms with van der Waals surface area (Å²) < 4.78 is 10.1. The summed E-state index contributed by atoms with van der Waals surface area (Å²) in [5.74, 6) is -0.864. The third-order valence-corrected chi connectivity index (χ3v) is 3.51. The van der Waals surface area contributed by atoms with Gasteiger partial charge in [-0.15, -0.1) is 0 Å². The summed E-state index contributed by atoms with van der Waals surface area (Å²) in [5, 5.41) is 2.80. The van der Waals surface area contributed by atoms with E-state index in [0.29, 0.717) is 12.2 Å². The molecule has 1 unspecified atom stereocenters.